The Morgan fingerprint density at radius 3 is 1.89 bits per heavy atom. The molecule has 1 unspecified atom stereocenters. The third-order valence-electron chi connectivity index (χ3n) is 1.31. The molecule has 0 saturated carbocycles. The summed E-state index contributed by atoms with van der Waals surface area (Å²) in [6.07, 6.45) is 1.46. The predicted molar refractivity (Wildman–Crippen MR) is 37.3 cm³/mol. The van der Waals surface area contributed by atoms with Crippen LogP contribution in [0.15, 0.2) is 0 Å². The number of carbonyl (C=O) groups is 1. The van der Waals surface area contributed by atoms with E-state index in [1.807, 2.05) is 0 Å². The lowest BCUT2D eigenvalue weighted by Gasteiger charge is -2.15. The van der Waals surface area contributed by atoms with Gasteiger partial charge in [-0.25, -0.2) is 0 Å². The van der Waals surface area contributed by atoms with Crippen molar-refractivity contribution >= 4 is 16.7 Å². The molecule has 9 heavy (non-hydrogen) atoms. The van der Waals surface area contributed by atoms with Crippen molar-refractivity contribution in [2.45, 2.75) is 18.6 Å². The van der Waals surface area contributed by atoms with Gasteiger partial charge in [-0.05, 0) is 13.8 Å². The molecule has 2 N–H and O–H groups in total. The number of amides is 1. The van der Waals surface area contributed by atoms with Crippen molar-refractivity contribution in [3.05, 3.63) is 0 Å². The van der Waals surface area contributed by atoms with Crippen LogP contribution in [0.3, 0.4) is 0 Å². The molecule has 0 bridgehead atoms. The van der Waals surface area contributed by atoms with Crippen molar-refractivity contribution in [1.82, 2.24) is 0 Å². The summed E-state index contributed by atoms with van der Waals surface area (Å²) in [4.78, 5) is 10.5. The second-order valence-corrected chi connectivity index (χ2v) is 4.26. The first-order valence-electron chi connectivity index (χ1n) is 2.52. The number of nitrogens with two attached hydrogens (primary N) is 1. The molecule has 0 aliphatic carbocycles. The number of primary amides is 1. The van der Waals surface area contributed by atoms with E-state index in [0.717, 1.165) is 0 Å². The predicted octanol–water partition coefficient (Wildman–Crippen LogP) is -0.371. The zero-order valence-corrected chi connectivity index (χ0v) is 6.62. The van der Waals surface area contributed by atoms with Crippen LogP contribution in [0.2, 0.25) is 0 Å². The zero-order chi connectivity index (χ0) is 7.65. The quantitative estimate of drug-likeness (QED) is 0.582. The van der Waals surface area contributed by atoms with Gasteiger partial charge in [-0.3, -0.25) is 9.00 Å². The number of rotatable bonds is 2. The van der Waals surface area contributed by atoms with Crippen molar-refractivity contribution < 1.29 is 9.00 Å². The first-order valence-corrected chi connectivity index (χ1v) is 4.08. The molecule has 0 aliphatic heterocycles. The third kappa shape index (κ3) is 1.78. The van der Waals surface area contributed by atoms with Crippen LogP contribution in [0.25, 0.3) is 0 Å². The second kappa shape index (κ2) is 2.47. The van der Waals surface area contributed by atoms with E-state index in [2.05, 4.69) is 0 Å². The highest BCUT2D eigenvalue weighted by Crippen LogP contribution is 2.08. The van der Waals surface area contributed by atoms with Crippen LogP contribution in [0.4, 0.5) is 0 Å². The van der Waals surface area contributed by atoms with Gasteiger partial charge in [0.15, 0.2) is 0 Å². The highest BCUT2D eigenvalue weighted by Gasteiger charge is 2.28. The molecule has 0 fully saturated rings. The van der Waals surface area contributed by atoms with Crippen LogP contribution >= 0.6 is 0 Å². The molecule has 0 rings (SSSR count). The average Bonchev–Trinajstić information content (AvgIpc) is 1.65. The first kappa shape index (κ1) is 8.62. The minimum Gasteiger partial charge on any atom is -0.368 e. The van der Waals surface area contributed by atoms with Crippen LogP contribution < -0.4 is 5.73 Å². The molecule has 3 nitrogen and oxygen atoms in total. The van der Waals surface area contributed by atoms with Gasteiger partial charge in [0.1, 0.15) is 4.75 Å². The van der Waals surface area contributed by atoms with Gasteiger partial charge in [0, 0.05) is 17.1 Å². The molecule has 0 aromatic rings. The molecule has 0 aromatic heterocycles. The molecule has 1 atom stereocenters. The van der Waals surface area contributed by atoms with E-state index in [-0.39, 0.29) is 0 Å². The maximum atomic E-state index is 10.7. The van der Waals surface area contributed by atoms with Crippen molar-refractivity contribution in [3.8, 4) is 0 Å². The standard InChI is InChI=1S/C5H11NO2S/c1-5(2,4(6)7)9(3)8/h1-3H3,(H2,6,7). The fraction of sp³-hybridized carbons (Fsp3) is 0.800. The molecular formula is C5H11NO2S. The fourth-order valence-electron chi connectivity index (χ4n) is 0.142. The third-order valence-corrected chi connectivity index (χ3v) is 2.95. The van der Waals surface area contributed by atoms with Gasteiger partial charge < -0.3 is 5.73 Å². The Labute approximate surface area is 57.1 Å². The van der Waals surface area contributed by atoms with Gasteiger partial charge in [0.2, 0.25) is 5.91 Å². The fourth-order valence-corrected chi connectivity index (χ4v) is 0.425. The number of hydrogen-bond donors (Lipinski definition) is 1. The van der Waals surface area contributed by atoms with Gasteiger partial charge in [-0.2, -0.15) is 0 Å². The van der Waals surface area contributed by atoms with Crippen LogP contribution in [0.1, 0.15) is 13.8 Å². The van der Waals surface area contributed by atoms with E-state index in [1.165, 1.54) is 6.26 Å². The minimum atomic E-state index is -1.18. The summed E-state index contributed by atoms with van der Waals surface area (Å²) in [6.45, 7) is 3.12. The maximum Gasteiger partial charge on any atom is 0.235 e. The molecule has 0 spiro atoms. The van der Waals surface area contributed by atoms with Crippen LogP contribution in [0, 0.1) is 0 Å². The lowest BCUT2D eigenvalue weighted by atomic mass is 10.2. The van der Waals surface area contributed by atoms with Gasteiger partial charge in [0.25, 0.3) is 0 Å². The molecule has 1 amide bonds. The van der Waals surface area contributed by atoms with Gasteiger partial charge >= 0.3 is 0 Å². The lowest BCUT2D eigenvalue weighted by molar-refractivity contribution is -0.119. The van der Waals surface area contributed by atoms with Crippen LogP contribution in [0.5, 0.6) is 0 Å². The Balaban J connectivity index is 4.38. The lowest BCUT2D eigenvalue weighted by Crippen LogP contribution is -2.41. The average molecular weight is 149 g/mol. The molecule has 0 aromatic carbocycles. The van der Waals surface area contributed by atoms with Gasteiger partial charge in [-0.15, -0.1) is 0 Å². The van der Waals surface area contributed by atoms with E-state index in [0.29, 0.717) is 0 Å². The molecule has 0 saturated heterocycles. The summed E-state index contributed by atoms with van der Waals surface area (Å²) in [7, 11) is -1.18. The van der Waals surface area contributed by atoms with E-state index in [1.54, 1.807) is 13.8 Å². The van der Waals surface area contributed by atoms with Crippen molar-refractivity contribution in [2.75, 3.05) is 6.26 Å². The Kier molecular flexibility index (Phi) is 2.37. The summed E-state index contributed by atoms with van der Waals surface area (Å²) in [5.41, 5.74) is 4.94. The highest BCUT2D eigenvalue weighted by molar-refractivity contribution is 7.86. The van der Waals surface area contributed by atoms with Crippen LogP contribution in [-0.4, -0.2) is 21.1 Å². The summed E-state index contributed by atoms with van der Waals surface area (Å²) >= 11 is 0. The summed E-state index contributed by atoms with van der Waals surface area (Å²) in [6, 6.07) is 0. The van der Waals surface area contributed by atoms with Crippen molar-refractivity contribution in [1.29, 1.82) is 0 Å². The molecule has 0 aliphatic rings. The Bertz CT molecular complexity index is 137. The Morgan fingerprint density at radius 2 is 1.89 bits per heavy atom. The van der Waals surface area contributed by atoms with E-state index in [9.17, 15) is 9.00 Å². The van der Waals surface area contributed by atoms with Gasteiger partial charge in [-0.1, -0.05) is 0 Å². The van der Waals surface area contributed by atoms with E-state index < -0.39 is 21.5 Å². The largest absolute Gasteiger partial charge is 0.368 e. The smallest absolute Gasteiger partial charge is 0.235 e. The number of hydrogen-bond acceptors (Lipinski definition) is 2. The monoisotopic (exact) mass is 149 g/mol. The van der Waals surface area contributed by atoms with E-state index >= 15 is 0 Å². The Hall–Kier alpha value is -0.380. The molecule has 54 valence electrons. The highest BCUT2D eigenvalue weighted by atomic mass is 32.2. The van der Waals surface area contributed by atoms with Crippen LogP contribution in [-0.2, 0) is 15.6 Å². The summed E-state index contributed by atoms with van der Waals surface area (Å²) in [5.74, 6) is -0.525. The number of carbonyl (C=O) groups excluding carboxylic acids is 1. The minimum absolute atomic E-state index is 0.525. The van der Waals surface area contributed by atoms with Gasteiger partial charge in [0.05, 0.1) is 0 Å². The SMILES string of the molecule is CS(=O)C(C)(C)C(N)=O. The molecule has 0 heterocycles. The first-order chi connectivity index (χ1) is 3.89. The normalized spacial score (nSPS) is 15.0. The van der Waals surface area contributed by atoms with Crippen molar-refractivity contribution in [2.24, 2.45) is 5.73 Å². The molecule has 0 radical (unpaired) electrons. The molecular weight excluding hydrogens is 138 g/mol. The van der Waals surface area contributed by atoms with Crippen molar-refractivity contribution in [3.63, 3.8) is 0 Å². The maximum absolute atomic E-state index is 10.7. The zero-order valence-electron chi connectivity index (χ0n) is 5.80. The summed E-state index contributed by atoms with van der Waals surface area (Å²) < 4.78 is 9.83. The Morgan fingerprint density at radius 1 is 1.56 bits per heavy atom. The second-order valence-electron chi connectivity index (χ2n) is 2.33. The van der Waals surface area contributed by atoms with E-state index in [4.69, 9.17) is 5.73 Å². The summed E-state index contributed by atoms with van der Waals surface area (Å²) in [5, 5.41) is 0. The topological polar surface area (TPSA) is 60.2 Å². The molecule has 4 heteroatoms.